The van der Waals surface area contributed by atoms with Crippen LogP contribution in [-0.4, -0.2) is 4.57 Å². The first-order chi connectivity index (χ1) is 4.38. The van der Waals surface area contributed by atoms with E-state index in [1.807, 2.05) is 6.07 Å². The quantitative estimate of drug-likeness (QED) is 0.488. The molecule has 1 aliphatic rings. The molecule has 0 fully saturated rings. The Morgan fingerprint density at radius 3 is 3.33 bits per heavy atom. The molecule has 1 aromatic heterocycles. The van der Waals surface area contributed by atoms with Gasteiger partial charge in [-0.3, -0.25) is 0 Å². The lowest BCUT2D eigenvalue weighted by molar-refractivity contribution is 0.745. The smallest absolute Gasteiger partial charge is 0.0754 e. The highest BCUT2D eigenvalue weighted by Gasteiger charge is 2.18. The third-order valence-corrected chi connectivity index (χ3v) is 2.25. The van der Waals surface area contributed by atoms with Gasteiger partial charge in [0.25, 0.3) is 0 Å². The molecule has 2 rings (SSSR count). The lowest BCUT2D eigenvalue weighted by atomic mass is 10.3. The molecule has 0 amide bonds. The first-order valence-corrected chi connectivity index (χ1v) is 3.60. The minimum atomic E-state index is 0.264. The Balaban J connectivity index is 2.49. The van der Waals surface area contributed by atoms with Crippen LogP contribution in [0.3, 0.4) is 0 Å². The number of halogens is 1. The van der Waals surface area contributed by atoms with E-state index in [1.165, 1.54) is 5.69 Å². The van der Waals surface area contributed by atoms with E-state index in [2.05, 4.69) is 16.8 Å². The summed E-state index contributed by atoms with van der Waals surface area (Å²) in [6.07, 6.45) is 3.18. The Hall–Kier alpha value is -0.430. The van der Waals surface area contributed by atoms with E-state index in [-0.39, 0.29) is 5.38 Å². The molecule has 1 aromatic rings. The Morgan fingerprint density at radius 2 is 2.56 bits per heavy atom. The Morgan fingerprint density at radius 1 is 1.67 bits per heavy atom. The van der Waals surface area contributed by atoms with Crippen LogP contribution >= 0.6 is 11.6 Å². The summed E-state index contributed by atoms with van der Waals surface area (Å²) >= 11 is 5.96. The van der Waals surface area contributed by atoms with Crippen molar-refractivity contribution in [1.82, 2.24) is 4.57 Å². The van der Waals surface area contributed by atoms with Crippen molar-refractivity contribution in [2.24, 2.45) is 0 Å². The maximum atomic E-state index is 5.96. The molecule has 1 aliphatic heterocycles. The van der Waals surface area contributed by atoms with Crippen LogP contribution in [-0.2, 0) is 6.54 Å². The normalized spacial score (nSPS) is 24.3. The third kappa shape index (κ3) is 0.681. The molecule has 2 heterocycles. The summed E-state index contributed by atoms with van der Waals surface area (Å²) in [7, 11) is 0. The predicted octanol–water partition coefficient (Wildman–Crippen LogP) is 2.17. The van der Waals surface area contributed by atoms with Gasteiger partial charge in [-0.05, 0) is 18.6 Å². The van der Waals surface area contributed by atoms with Gasteiger partial charge in [0.05, 0.1) is 5.38 Å². The predicted molar refractivity (Wildman–Crippen MR) is 37.6 cm³/mol. The Kier molecular flexibility index (Phi) is 1.06. The zero-order valence-electron chi connectivity index (χ0n) is 5.05. The van der Waals surface area contributed by atoms with Crippen molar-refractivity contribution in [1.29, 1.82) is 0 Å². The molecule has 1 atom stereocenters. The fourth-order valence-corrected chi connectivity index (χ4v) is 1.61. The Bertz CT molecular complexity index is 216. The summed E-state index contributed by atoms with van der Waals surface area (Å²) in [4.78, 5) is 0. The second-order valence-electron chi connectivity index (χ2n) is 2.38. The van der Waals surface area contributed by atoms with Gasteiger partial charge in [-0.15, -0.1) is 11.6 Å². The summed E-state index contributed by atoms with van der Waals surface area (Å²) < 4.78 is 2.21. The van der Waals surface area contributed by atoms with Crippen LogP contribution in [0, 0.1) is 0 Å². The number of fused-ring (bicyclic) bond motifs is 1. The maximum Gasteiger partial charge on any atom is 0.0754 e. The summed E-state index contributed by atoms with van der Waals surface area (Å²) in [5.74, 6) is 0. The summed E-state index contributed by atoms with van der Waals surface area (Å²) in [5, 5.41) is 0.264. The molecule has 48 valence electrons. The molecule has 1 unspecified atom stereocenters. The minimum Gasteiger partial charge on any atom is -0.350 e. The lowest BCUT2D eigenvalue weighted by Gasteiger charge is -1.94. The summed E-state index contributed by atoms with van der Waals surface area (Å²) in [6.45, 7) is 1.09. The average Bonchev–Trinajstić information content (AvgIpc) is 2.35. The molecule has 2 heteroatoms. The van der Waals surface area contributed by atoms with Crippen molar-refractivity contribution in [3.8, 4) is 0 Å². The zero-order chi connectivity index (χ0) is 6.27. The van der Waals surface area contributed by atoms with Crippen LogP contribution < -0.4 is 0 Å². The second-order valence-corrected chi connectivity index (χ2v) is 2.91. The molecule has 0 saturated carbocycles. The van der Waals surface area contributed by atoms with Gasteiger partial charge in [0, 0.05) is 18.4 Å². The van der Waals surface area contributed by atoms with Gasteiger partial charge in [0.2, 0.25) is 0 Å². The van der Waals surface area contributed by atoms with Gasteiger partial charge in [-0.2, -0.15) is 0 Å². The molecular weight excluding hydrogens is 134 g/mol. The lowest BCUT2D eigenvalue weighted by Crippen LogP contribution is -1.86. The highest BCUT2D eigenvalue weighted by molar-refractivity contribution is 6.20. The Labute approximate surface area is 59.2 Å². The summed E-state index contributed by atoms with van der Waals surface area (Å²) in [5.41, 5.74) is 1.27. The monoisotopic (exact) mass is 141 g/mol. The molecular formula is C7H8ClN. The van der Waals surface area contributed by atoms with Gasteiger partial charge in [-0.1, -0.05) is 0 Å². The largest absolute Gasteiger partial charge is 0.350 e. The maximum absolute atomic E-state index is 5.96. The third-order valence-electron chi connectivity index (χ3n) is 1.81. The number of hydrogen-bond acceptors (Lipinski definition) is 0. The van der Waals surface area contributed by atoms with Crippen molar-refractivity contribution in [3.05, 3.63) is 24.0 Å². The van der Waals surface area contributed by atoms with Gasteiger partial charge >= 0.3 is 0 Å². The van der Waals surface area contributed by atoms with Crippen LogP contribution in [0.15, 0.2) is 18.3 Å². The zero-order valence-corrected chi connectivity index (χ0v) is 5.80. The van der Waals surface area contributed by atoms with E-state index < -0.39 is 0 Å². The molecule has 0 radical (unpaired) electrons. The minimum absolute atomic E-state index is 0.264. The molecule has 0 aliphatic carbocycles. The van der Waals surface area contributed by atoms with E-state index in [9.17, 15) is 0 Å². The average molecular weight is 142 g/mol. The number of aromatic nitrogens is 1. The highest BCUT2D eigenvalue weighted by atomic mass is 35.5. The first kappa shape index (κ1) is 5.36. The van der Waals surface area contributed by atoms with Gasteiger partial charge in [-0.25, -0.2) is 0 Å². The molecule has 0 bridgehead atoms. The van der Waals surface area contributed by atoms with E-state index in [0.717, 1.165) is 13.0 Å². The SMILES string of the molecule is ClC1CCn2cccc21. The number of aryl methyl sites for hydroxylation is 1. The standard InChI is InChI=1S/C7H8ClN/c8-6-3-5-9-4-1-2-7(6)9/h1-2,4,6H,3,5H2. The van der Waals surface area contributed by atoms with Crippen molar-refractivity contribution in [2.45, 2.75) is 18.3 Å². The first-order valence-electron chi connectivity index (χ1n) is 3.17. The van der Waals surface area contributed by atoms with E-state index >= 15 is 0 Å². The van der Waals surface area contributed by atoms with E-state index in [4.69, 9.17) is 11.6 Å². The van der Waals surface area contributed by atoms with Crippen molar-refractivity contribution >= 4 is 11.6 Å². The number of hydrogen-bond donors (Lipinski definition) is 0. The van der Waals surface area contributed by atoms with Crippen LogP contribution in [0.25, 0.3) is 0 Å². The number of rotatable bonds is 0. The number of nitrogens with zero attached hydrogens (tertiary/aromatic N) is 1. The van der Waals surface area contributed by atoms with Gasteiger partial charge in [0.1, 0.15) is 0 Å². The molecule has 0 saturated heterocycles. The van der Waals surface area contributed by atoms with Gasteiger partial charge in [0.15, 0.2) is 0 Å². The second kappa shape index (κ2) is 1.77. The van der Waals surface area contributed by atoms with Crippen molar-refractivity contribution in [3.63, 3.8) is 0 Å². The van der Waals surface area contributed by atoms with Crippen LogP contribution in [0.4, 0.5) is 0 Å². The molecule has 0 aromatic carbocycles. The van der Waals surface area contributed by atoms with E-state index in [1.54, 1.807) is 0 Å². The molecule has 1 nitrogen and oxygen atoms in total. The van der Waals surface area contributed by atoms with E-state index in [0.29, 0.717) is 0 Å². The molecule has 0 N–H and O–H groups in total. The van der Waals surface area contributed by atoms with Crippen molar-refractivity contribution in [2.75, 3.05) is 0 Å². The fraction of sp³-hybridized carbons (Fsp3) is 0.429. The topological polar surface area (TPSA) is 4.93 Å². The fourth-order valence-electron chi connectivity index (χ4n) is 1.32. The van der Waals surface area contributed by atoms with Gasteiger partial charge < -0.3 is 4.57 Å². The van der Waals surface area contributed by atoms with Crippen LogP contribution in [0.2, 0.25) is 0 Å². The summed E-state index contributed by atoms with van der Waals surface area (Å²) in [6, 6.07) is 4.13. The van der Waals surface area contributed by atoms with Crippen molar-refractivity contribution < 1.29 is 0 Å². The highest BCUT2D eigenvalue weighted by Crippen LogP contribution is 2.30. The molecule has 9 heavy (non-hydrogen) atoms. The van der Waals surface area contributed by atoms with Crippen LogP contribution in [0.5, 0.6) is 0 Å². The number of alkyl halides is 1. The van der Waals surface area contributed by atoms with Crippen LogP contribution in [0.1, 0.15) is 17.5 Å². The molecule has 0 spiro atoms.